The van der Waals surface area contributed by atoms with Gasteiger partial charge in [0, 0.05) is 6.07 Å². The Morgan fingerprint density at radius 2 is 2.10 bits per heavy atom. The lowest BCUT2D eigenvalue weighted by atomic mass is 10.1. The molecule has 0 aliphatic heterocycles. The first kappa shape index (κ1) is 16.1. The zero-order valence-corrected chi connectivity index (χ0v) is 12.2. The second-order valence-electron chi connectivity index (χ2n) is 5.52. The van der Waals surface area contributed by atoms with Crippen LogP contribution in [-0.4, -0.2) is 16.8 Å². The van der Waals surface area contributed by atoms with E-state index in [4.69, 9.17) is 9.15 Å². The second-order valence-corrected chi connectivity index (χ2v) is 5.52. The van der Waals surface area contributed by atoms with Crippen LogP contribution in [0.25, 0.3) is 0 Å². The average Bonchev–Trinajstić information content (AvgIpc) is 2.24. The number of alkyl carbamates (subject to hydrolysis) is 1. The Hall–Kier alpha value is -1.98. The maximum atomic E-state index is 11.8. The maximum Gasteiger partial charge on any atom is 0.408 e. The van der Waals surface area contributed by atoms with Crippen LogP contribution in [0.5, 0.6) is 5.75 Å². The molecule has 1 amide bonds. The van der Waals surface area contributed by atoms with Crippen molar-refractivity contribution in [3.63, 3.8) is 0 Å². The summed E-state index contributed by atoms with van der Waals surface area (Å²) in [7, 11) is 0. The zero-order chi connectivity index (χ0) is 15.3. The Bertz CT molecular complexity index is 515. The van der Waals surface area contributed by atoms with Gasteiger partial charge >= 0.3 is 11.7 Å². The number of hydrogen-bond donors (Lipinski definition) is 2. The van der Waals surface area contributed by atoms with Crippen LogP contribution in [0, 0.1) is 0 Å². The minimum absolute atomic E-state index is 0.191. The molecule has 20 heavy (non-hydrogen) atoms. The van der Waals surface area contributed by atoms with Gasteiger partial charge in [0.1, 0.15) is 17.1 Å². The lowest BCUT2D eigenvalue weighted by Crippen LogP contribution is -2.35. The van der Waals surface area contributed by atoms with Gasteiger partial charge in [-0.3, -0.25) is 0 Å². The third-order valence-corrected chi connectivity index (χ3v) is 2.39. The summed E-state index contributed by atoms with van der Waals surface area (Å²) < 4.78 is 10.2. The molecule has 0 aliphatic carbocycles. The molecule has 0 saturated heterocycles. The molecule has 112 valence electrons. The van der Waals surface area contributed by atoms with E-state index in [0.29, 0.717) is 6.42 Å². The number of aromatic hydroxyl groups is 1. The highest BCUT2D eigenvalue weighted by atomic mass is 16.6. The van der Waals surface area contributed by atoms with Crippen molar-refractivity contribution in [2.75, 3.05) is 0 Å². The maximum absolute atomic E-state index is 11.8. The van der Waals surface area contributed by atoms with Gasteiger partial charge in [0.15, 0.2) is 0 Å². The minimum Gasteiger partial charge on any atom is -0.508 e. The Kier molecular flexibility index (Phi) is 5.19. The number of amides is 1. The first-order chi connectivity index (χ1) is 9.21. The largest absolute Gasteiger partial charge is 0.508 e. The van der Waals surface area contributed by atoms with Gasteiger partial charge in [-0.05, 0) is 27.2 Å². The van der Waals surface area contributed by atoms with Crippen LogP contribution >= 0.6 is 0 Å². The third kappa shape index (κ3) is 5.34. The topological polar surface area (TPSA) is 88.8 Å². The van der Waals surface area contributed by atoms with E-state index in [1.54, 1.807) is 20.8 Å². The van der Waals surface area contributed by atoms with Gasteiger partial charge in [-0.25, -0.2) is 9.59 Å². The lowest BCUT2D eigenvalue weighted by Gasteiger charge is -2.23. The highest BCUT2D eigenvalue weighted by Crippen LogP contribution is 2.21. The van der Waals surface area contributed by atoms with Gasteiger partial charge in [0.05, 0.1) is 12.1 Å². The van der Waals surface area contributed by atoms with Gasteiger partial charge < -0.3 is 19.6 Å². The number of nitrogens with one attached hydrogen (secondary N) is 1. The van der Waals surface area contributed by atoms with Crippen LogP contribution in [0.15, 0.2) is 21.3 Å². The van der Waals surface area contributed by atoms with Gasteiger partial charge in [0.2, 0.25) is 0 Å². The smallest absolute Gasteiger partial charge is 0.408 e. The molecule has 0 spiro atoms. The van der Waals surface area contributed by atoms with Crippen molar-refractivity contribution in [1.29, 1.82) is 0 Å². The fraction of sp³-hybridized carbons (Fsp3) is 0.571. The van der Waals surface area contributed by atoms with Gasteiger partial charge in [-0.15, -0.1) is 0 Å². The molecule has 2 N–H and O–H groups in total. The highest BCUT2D eigenvalue weighted by molar-refractivity contribution is 5.68. The number of carbonyl (C=O) groups excluding carboxylic acids is 1. The van der Waals surface area contributed by atoms with Crippen LogP contribution in [0.4, 0.5) is 4.79 Å². The van der Waals surface area contributed by atoms with Gasteiger partial charge in [-0.1, -0.05) is 13.3 Å². The highest BCUT2D eigenvalue weighted by Gasteiger charge is 2.22. The van der Waals surface area contributed by atoms with E-state index in [2.05, 4.69) is 5.32 Å². The molecule has 1 heterocycles. The fourth-order valence-electron chi connectivity index (χ4n) is 1.68. The monoisotopic (exact) mass is 283 g/mol. The molecule has 0 aliphatic rings. The number of ether oxygens (including phenoxy) is 1. The van der Waals surface area contributed by atoms with E-state index in [-0.39, 0.29) is 11.5 Å². The summed E-state index contributed by atoms with van der Waals surface area (Å²) in [6, 6.07) is 1.77. The van der Waals surface area contributed by atoms with E-state index in [1.165, 1.54) is 6.07 Å². The van der Waals surface area contributed by atoms with Crippen molar-refractivity contribution < 1.29 is 19.1 Å². The quantitative estimate of drug-likeness (QED) is 0.886. The van der Waals surface area contributed by atoms with Crippen molar-refractivity contribution in [1.82, 2.24) is 5.32 Å². The van der Waals surface area contributed by atoms with E-state index in [0.717, 1.165) is 12.5 Å². The molecule has 6 heteroatoms. The van der Waals surface area contributed by atoms with Crippen LogP contribution in [0.3, 0.4) is 0 Å². The second kappa shape index (κ2) is 6.45. The van der Waals surface area contributed by atoms with Crippen molar-refractivity contribution >= 4 is 6.09 Å². The van der Waals surface area contributed by atoms with Crippen molar-refractivity contribution in [2.45, 2.75) is 52.2 Å². The van der Waals surface area contributed by atoms with Gasteiger partial charge in [0.25, 0.3) is 0 Å². The number of carbonyl (C=O) groups is 1. The predicted molar refractivity (Wildman–Crippen MR) is 73.7 cm³/mol. The molecule has 6 nitrogen and oxygen atoms in total. The third-order valence-electron chi connectivity index (χ3n) is 2.39. The summed E-state index contributed by atoms with van der Waals surface area (Å²) in [5.41, 5.74) is -1.27. The number of rotatable bonds is 4. The SMILES string of the molecule is CCC[C@H](NC(=O)OC(C)(C)C)c1cc(O)cc(=O)o1. The molecular weight excluding hydrogens is 262 g/mol. The van der Waals surface area contributed by atoms with Crippen LogP contribution < -0.4 is 10.9 Å². The van der Waals surface area contributed by atoms with E-state index >= 15 is 0 Å². The first-order valence-corrected chi connectivity index (χ1v) is 6.55. The molecule has 0 unspecified atom stereocenters. The normalized spacial score (nSPS) is 12.8. The molecular formula is C14H21NO5. The fourth-order valence-corrected chi connectivity index (χ4v) is 1.68. The van der Waals surface area contributed by atoms with Crippen molar-refractivity contribution in [2.24, 2.45) is 0 Å². The average molecular weight is 283 g/mol. The Morgan fingerprint density at radius 3 is 2.60 bits per heavy atom. The molecule has 1 atom stereocenters. The molecule has 0 aromatic carbocycles. The van der Waals surface area contributed by atoms with Crippen molar-refractivity contribution in [3.05, 3.63) is 28.3 Å². The standard InChI is InChI=1S/C14H21NO5/c1-5-6-10(15-13(18)20-14(2,3)4)11-7-9(16)8-12(17)19-11/h7-8,10,16H,5-6H2,1-4H3,(H,15,18)/t10-/m0/s1. The Balaban J connectivity index is 2.88. The molecule has 1 aromatic rings. The Morgan fingerprint density at radius 1 is 1.45 bits per heavy atom. The summed E-state index contributed by atoms with van der Waals surface area (Å²) in [5.74, 6) is 0.0195. The molecule has 1 rings (SSSR count). The summed E-state index contributed by atoms with van der Waals surface area (Å²) in [4.78, 5) is 23.0. The van der Waals surface area contributed by atoms with E-state index < -0.39 is 23.4 Å². The predicted octanol–water partition coefficient (Wildman–Crippen LogP) is 2.71. The molecule has 0 bridgehead atoms. The molecule has 0 fully saturated rings. The number of hydrogen-bond acceptors (Lipinski definition) is 5. The Labute approximate surface area is 117 Å². The summed E-state index contributed by atoms with van der Waals surface area (Å²) >= 11 is 0. The van der Waals surface area contributed by atoms with E-state index in [1.807, 2.05) is 6.92 Å². The summed E-state index contributed by atoms with van der Waals surface area (Å²) in [6.45, 7) is 7.21. The van der Waals surface area contributed by atoms with E-state index in [9.17, 15) is 14.7 Å². The summed E-state index contributed by atoms with van der Waals surface area (Å²) in [5, 5.41) is 12.1. The lowest BCUT2D eigenvalue weighted by molar-refractivity contribution is 0.0493. The first-order valence-electron chi connectivity index (χ1n) is 6.55. The zero-order valence-electron chi connectivity index (χ0n) is 12.2. The summed E-state index contributed by atoms with van der Waals surface area (Å²) in [6.07, 6.45) is 0.729. The molecule has 0 saturated carbocycles. The molecule has 1 aromatic heterocycles. The van der Waals surface area contributed by atoms with Gasteiger partial charge in [-0.2, -0.15) is 0 Å². The van der Waals surface area contributed by atoms with Crippen LogP contribution in [0.1, 0.15) is 52.3 Å². The molecule has 0 radical (unpaired) electrons. The van der Waals surface area contributed by atoms with Crippen LogP contribution in [-0.2, 0) is 4.74 Å². The van der Waals surface area contributed by atoms with Crippen molar-refractivity contribution in [3.8, 4) is 5.75 Å². The van der Waals surface area contributed by atoms with Crippen LogP contribution in [0.2, 0.25) is 0 Å². The minimum atomic E-state index is -0.660.